The van der Waals surface area contributed by atoms with Gasteiger partial charge in [0.25, 0.3) is 5.56 Å². The van der Waals surface area contributed by atoms with Crippen LogP contribution in [0.2, 0.25) is 0 Å². The van der Waals surface area contributed by atoms with Crippen LogP contribution in [0.15, 0.2) is 53.3 Å². The molecule has 140 valence electrons. The fourth-order valence-corrected chi connectivity index (χ4v) is 3.73. The van der Waals surface area contributed by atoms with E-state index < -0.39 is 0 Å². The number of nitrogens with zero attached hydrogens (tertiary/aromatic N) is 3. The summed E-state index contributed by atoms with van der Waals surface area (Å²) in [6.07, 6.45) is 5.48. The molecule has 7 heteroatoms. The van der Waals surface area contributed by atoms with Crippen LogP contribution in [0.25, 0.3) is 23.2 Å². The molecule has 0 spiro atoms. The summed E-state index contributed by atoms with van der Waals surface area (Å²) in [7, 11) is 3.15. The third kappa shape index (κ3) is 3.39. The molecular weight excluding hydrogens is 374 g/mol. The number of rotatable bonds is 5. The number of benzene rings is 2. The van der Waals surface area contributed by atoms with Crippen LogP contribution in [-0.4, -0.2) is 28.8 Å². The van der Waals surface area contributed by atoms with E-state index in [2.05, 4.69) is 10.1 Å². The normalized spacial score (nSPS) is 12.1. The monoisotopic (exact) mass is 391 g/mol. The Kier molecular flexibility index (Phi) is 4.90. The van der Waals surface area contributed by atoms with Gasteiger partial charge in [-0.15, -0.1) is 5.10 Å². The fourth-order valence-electron chi connectivity index (χ4n) is 2.82. The van der Waals surface area contributed by atoms with Gasteiger partial charge >= 0.3 is 0 Å². The molecule has 0 saturated carbocycles. The highest BCUT2D eigenvalue weighted by Gasteiger charge is 2.11. The predicted molar refractivity (Wildman–Crippen MR) is 111 cm³/mol. The van der Waals surface area contributed by atoms with Crippen molar-refractivity contribution in [3.8, 4) is 11.5 Å². The highest BCUT2D eigenvalue weighted by atomic mass is 32.1. The molecule has 0 bridgehead atoms. The summed E-state index contributed by atoms with van der Waals surface area (Å²) in [4.78, 5) is 17.7. The van der Waals surface area contributed by atoms with E-state index in [0.717, 1.165) is 11.1 Å². The third-order valence-corrected chi connectivity index (χ3v) is 5.10. The van der Waals surface area contributed by atoms with Crippen molar-refractivity contribution >= 4 is 34.5 Å². The van der Waals surface area contributed by atoms with E-state index in [9.17, 15) is 4.79 Å². The van der Waals surface area contributed by atoms with E-state index in [1.165, 1.54) is 15.9 Å². The lowest BCUT2D eigenvalue weighted by Gasteiger charge is -2.09. The first-order chi connectivity index (χ1) is 13.7. The summed E-state index contributed by atoms with van der Waals surface area (Å²) in [5, 5.41) is 4.31. The Morgan fingerprint density at radius 2 is 1.82 bits per heavy atom. The van der Waals surface area contributed by atoms with Gasteiger partial charge in [-0.1, -0.05) is 59.9 Å². The van der Waals surface area contributed by atoms with Crippen molar-refractivity contribution in [1.82, 2.24) is 14.6 Å². The van der Waals surface area contributed by atoms with E-state index >= 15 is 0 Å². The van der Waals surface area contributed by atoms with Crippen LogP contribution in [0.1, 0.15) is 17.0 Å². The summed E-state index contributed by atoms with van der Waals surface area (Å²) >= 11 is 1.28. The Morgan fingerprint density at radius 3 is 2.54 bits per heavy atom. The van der Waals surface area contributed by atoms with Gasteiger partial charge in [0.15, 0.2) is 17.3 Å². The Balaban J connectivity index is 1.72. The number of thiazole rings is 1. The lowest BCUT2D eigenvalue weighted by molar-refractivity contribution is 0.354. The Labute approximate surface area is 165 Å². The lowest BCUT2D eigenvalue weighted by Crippen LogP contribution is -2.23. The summed E-state index contributed by atoms with van der Waals surface area (Å²) in [6, 6.07) is 15.4. The van der Waals surface area contributed by atoms with Gasteiger partial charge in [0.1, 0.15) is 0 Å². The predicted octanol–water partition coefficient (Wildman–Crippen LogP) is 2.89. The van der Waals surface area contributed by atoms with E-state index in [0.29, 0.717) is 26.8 Å². The van der Waals surface area contributed by atoms with Crippen LogP contribution < -0.4 is 19.6 Å². The summed E-state index contributed by atoms with van der Waals surface area (Å²) in [5.41, 5.74) is 1.59. The maximum Gasteiger partial charge on any atom is 0.291 e. The molecule has 0 N–H and O–H groups in total. The van der Waals surface area contributed by atoms with Gasteiger partial charge in [0.05, 0.1) is 18.8 Å². The van der Waals surface area contributed by atoms with Crippen molar-refractivity contribution in [2.24, 2.45) is 0 Å². The molecule has 28 heavy (non-hydrogen) atoms. The van der Waals surface area contributed by atoms with E-state index in [-0.39, 0.29) is 5.56 Å². The van der Waals surface area contributed by atoms with Crippen molar-refractivity contribution in [3.05, 3.63) is 80.4 Å². The van der Waals surface area contributed by atoms with Crippen LogP contribution in [0.5, 0.6) is 11.5 Å². The third-order valence-electron chi connectivity index (χ3n) is 4.14. The van der Waals surface area contributed by atoms with Gasteiger partial charge in [-0.3, -0.25) is 4.79 Å². The van der Waals surface area contributed by atoms with Gasteiger partial charge in [-0.25, -0.2) is 0 Å². The van der Waals surface area contributed by atoms with Gasteiger partial charge in [0, 0.05) is 5.56 Å². The first-order valence-corrected chi connectivity index (χ1v) is 9.36. The molecule has 0 radical (unpaired) electrons. The average molecular weight is 391 g/mol. The molecule has 2 aromatic carbocycles. The second-order valence-corrected chi connectivity index (χ2v) is 6.92. The molecule has 0 atom stereocenters. The number of hydrogen-bond acceptors (Lipinski definition) is 6. The van der Waals surface area contributed by atoms with Crippen molar-refractivity contribution in [2.45, 2.75) is 0 Å². The van der Waals surface area contributed by atoms with Gasteiger partial charge in [-0.05, 0) is 23.8 Å². The minimum absolute atomic E-state index is 0.211. The van der Waals surface area contributed by atoms with E-state index in [4.69, 9.17) is 9.47 Å². The van der Waals surface area contributed by atoms with Gasteiger partial charge in [0.2, 0.25) is 4.96 Å². The number of methoxy groups -OCH3 is 2. The zero-order valence-electron chi connectivity index (χ0n) is 15.3. The Morgan fingerprint density at radius 1 is 1.00 bits per heavy atom. The zero-order chi connectivity index (χ0) is 19.5. The average Bonchev–Trinajstić information content (AvgIpc) is 3.26. The molecule has 2 aromatic heterocycles. The second kappa shape index (κ2) is 7.66. The number of fused-ring (bicyclic) bond motifs is 1. The van der Waals surface area contributed by atoms with Crippen LogP contribution >= 0.6 is 11.3 Å². The first-order valence-electron chi connectivity index (χ1n) is 8.55. The molecule has 2 heterocycles. The van der Waals surface area contributed by atoms with Crippen molar-refractivity contribution in [1.29, 1.82) is 0 Å². The van der Waals surface area contributed by atoms with Crippen LogP contribution in [0.3, 0.4) is 0 Å². The van der Waals surface area contributed by atoms with E-state index in [1.807, 2.05) is 54.6 Å². The van der Waals surface area contributed by atoms with Crippen LogP contribution in [0.4, 0.5) is 0 Å². The fraction of sp³-hybridized carbons (Fsp3) is 0.0952. The number of para-hydroxylation sites is 1. The molecule has 0 saturated heterocycles. The SMILES string of the molecule is COc1cccc(C=c2sc3nc(C=Cc4ccccc4)nn3c2=O)c1OC. The summed E-state index contributed by atoms with van der Waals surface area (Å²) in [5.74, 6) is 1.68. The highest BCUT2D eigenvalue weighted by molar-refractivity contribution is 7.15. The smallest absolute Gasteiger partial charge is 0.291 e. The number of hydrogen-bond donors (Lipinski definition) is 0. The molecule has 0 fully saturated rings. The lowest BCUT2D eigenvalue weighted by atomic mass is 10.2. The zero-order valence-corrected chi connectivity index (χ0v) is 16.1. The van der Waals surface area contributed by atoms with Gasteiger partial charge in [-0.2, -0.15) is 9.50 Å². The standard InChI is InChI=1S/C21H17N3O3S/c1-26-16-10-6-9-15(19(16)27-2)13-17-20(25)24-21(28-17)22-18(23-24)12-11-14-7-4-3-5-8-14/h3-13H,1-2H3. The molecule has 0 aliphatic carbocycles. The topological polar surface area (TPSA) is 65.7 Å². The van der Waals surface area contributed by atoms with Crippen molar-refractivity contribution in [2.75, 3.05) is 14.2 Å². The Hall–Kier alpha value is -3.45. The molecule has 4 rings (SSSR count). The Bertz CT molecular complexity index is 1260. The second-order valence-electron chi connectivity index (χ2n) is 5.91. The number of ether oxygens (including phenoxy) is 2. The molecule has 6 nitrogen and oxygen atoms in total. The minimum Gasteiger partial charge on any atom is -0.493 e. The number of aromatic nitrogens is 3. The summed E-state index contributed by atoms with van der Waals surface area (Å²) < 4.78 is 12.6. The summed E-state index contributed by atoms with van der Waals surface area (Å²) in [6.45, 7) is 0. The maximum atomic E-state index is 12.7. The molecule has 0 aliphatic heterocycles. The van der Waals surface area contributed by atoms with Crippen LogP contribution in [0, 0.1) is 0 Å². The molecule has 0 aliphatic rings. The van der Waals surface area contributed by atoms with E-state index in [1.54, 1.807) is 26.4 Å². The van der Waals surface area contributed by atoms with Crippen LogP contribution in [-0.2, 0) is 0 Å². The largest absolute Gasteiger partial charge is 0.493 e. The molecule has 0 amide bonds. The van der Waals surface area contributed by atoms with Crippen molar-refractivity contribution < 1.29 is 9.47 Å². The maximum absolute atomic E-state index is 12.7. The molecule has 0 unspecified atom stereocenters. The first kappa shape index (κ1) is 17.9. The molecular formula is C21H17N3O3S. The minimum atomic E-state index is -0.211. The molecule has 4 aromatic rings. The van der Waals surface area contributed by atoms with Gasteiger partial charge < -0.3 is 9.47 Å². The van der Waals surface area contributed by atoms with Crippen molar-refractivity contribution in [3.63, 3.8) is 0 Å². The quantitative estimate of drug-likeness (QED) is 0.523. The highest BCUT2D eigenvalue weighted by Crippen LogP contribution is 2.31.